The smallest absolute Gasteiger partial charge is 0.262 e. The van der Waals surface area contributed by atoms with Gasteiger partial charge in [-0.3, -0.25) is 0 Å². The molecule has 0 saturated carbocycles. The van der Waals surface area contributed by atoms with Gasteiger partial charge >= 0.3 is 0 Å². The maximum atomic E-state index is 12.8. The average Bonchev–Trinajstić information content (AvgIpc) is 2.89. The fourth-order valence-corrected chi connectivity index (χ4v) is 1.80. The molecule has 0 aliphatic heterocycles. The van der Waals surface area contributed by atoms with E-state index in [2.05, 4.69) is 15.1 Å². The number of phenols is 1. The van der Waals surface area contributed by atoms with Crippen LogP contribution < -0.4 is 0 Å². The van der Waals surface area contributed by atoms with E-state index in [1.807, 2.05) is 0 Å². The molecule has 2 aromatic heterocycles. The van der Waals surface area contributed by atoms with Crippen LogP contribution in [0.3, 0.4) is 0 Å². The van der Waals surface area contributed by atoms with Gasteiger partial charge in [-0.15, -0.1) is 0 Å². The van der Waals surface area contributed by atoms with Gasteiger partial charge in [-0.25, -0.2) is 9.37 Å². The van der Waals surface area contributed by atoms with Gasteiger partial charge in [0.25, 0.3) is 5.89 Å². The Kier molecular flexibility index (Phi) is 3.08. The minimum absolute atomic E-state index is 0.0697. The lowest BCUT2D eigenvalue weighted by Gasteiger charge is -1.98. The third-order valence-electron chi connectivity index (χ3n) is 2.57. The molecule has 0 atom stereocenters. The Labute approximate surface area is 117 Å². The summed E-state index contributed by atoms with van der Waals surface area (Å²) in [6.07, 6.45) is 1.06. The Morgan fingerprint density at radius 1 is 1.20 bits per heavy atom. The molecule has 0 amide bonds. The van der Waals surface area contributed by atoms with Crippen molar-refractivity contribution in [3.05, 3.63) is 47.4 Å². The molecule has 100 valence electrons. The summed E-state index contributed by atoms with van der Waals surface area (Å²) in [4.78, 5) is 7.95. The molecule has 0 aliphatic carbocycles. The summed E-state index contributed by atoms with van der Waals surface area (Å²) in [5.74, 6) is -0.192. The predicted molar refractivity (Wildman–Crippen MR) is 69.6 cm³/mol. The van der Waals surface area contributed by atoms with Crippen molar-refractivity contribution in [3.63, 3.8) is 0 Å². The van der Waals surface area contributed by atoms with Gasteiger partial charge in [0.15, 0.2) is 0 Å². The van der Waals surface area contributed by atoms with Gasteiger partial charge < -0.3 is 9.63 Å². The van der Waals surface area contributed by atoms with E-state index in [-0.39, 0.29) is 17.5 Å². The number of pyridine rings is 1. The lowest BCUT2D eigenvalue weighted by Crippen LogP contribution is -1.86. The molecule has 0 radical (unpaired) electrons. The molecule has 20 heavy (non-hydrogen) atoms. The molecule has 1 N–H and O–H groups in total. The van der Waals surface area contributed by atoms with Crippen LogP contribution in [0.5, 0.6) is 5.75 Å². The highest BCUT2D eigenvalue weighted by atomic mass is 35.5. The number of hydrogen-bond donors (Lipinski definition) is 1. The lowest BCUT2D eigenvalue weighted by atomic mass is 10.2. The minimum atomic E-state index is -0.451. The van der Waals surface area contributed by atoms with Crippen LogP contribution in [-0.4, -0.2) is 20.2 Å². The zero-order valence-electron chi connectivity index (χ0n) is 9.92. The van der Waals surface area contributed by atoms with E-state index >= 15 is 0 Å². The first-order valence-electron chi connectivity index (χ1n) is 5.58. The zero-order valence-corrected chi connectivity index (χ0v) is 10.7. The number of aromatic hydroxyl groups is 1. The summed E-state index contributed by atoms with van der Waals surface area (Å²) in [5.41, 5.74) is 0.727. The van der Waals surface area contributed by atoms with Crippen LogP contribution in [0.25, 0.3) is 23.0 Å². The summed E-state index contributed by atoms with van der Waals surface area (Å²) in [6.45, 7) is 0. The normalized spacial score (nSPS) is 10.7. The number of aromatic nitrogens is 3. The second-order valence-electron chi connectivity index (χ2n) is 3.95. The number of nitrogens with zero attached hydrogens (tertiary/aromatic N) is 3. The maximum absolute atomic E-state index is 12.8. The number of benzene rings is 1. The van der Waals surface area contributed by atoms with Crippen molar-refractivity contribution in [1.82, 2.24) is 15.1 Å². The largest absolute Gasteiger partial charge is 0.507 e. The molecule has 0 unspecified atom stereocenters. The SMILES string of the molecule is Oc1cc(Cl)ccc1-c1nc(-c2ccc(F)cn2)no1. The molecule has 0 bridgehead atoms. The lowest BCUT2D eigenvalue weighted by molar-refractivity contribution is 0.425. The summed E-state index contributed by atoms with van der Waals surface area (Å²) >= 11 is 5.75. The van der Waals surface area contributed by atoms with Gasteiger partial charge in [-0.1, -0.05) is 16.8 Å². The molecule has 5 nitrogen and oxygen atoms in total. The second kappa shape index (κ2) is 4.90. The van der Waals surface area contributed by atoms with E-state index in [0.29, 0.717) is 16.3 Å². The average molecular weight is 292 g/mol. The Morgan fingerprint density at radius 3 is 2.75 bits per heavy atom. The van der Waals surface area contributed by atoms with E-state index in [1.54, 1.807) is 12.1 Å². The van der Waals surface area contributed by atoms with Crippen LogP contribution in [0.2, 0.25) is 5.02 Å². The number of halogens is 2. The molecule has 3 rings (SSSR count). The molecular formula is C13H7ClFN3O2. The number of phenolic OH excluding ortho intramolecular Hbond substituents is 1. The van der Waals surface area contributed by atoms with Crippen molar-refractivity contribution < 1.29 is 14.0 Å². The topological polar surface area (TPSA) is 72.0 Å². The molecule has 7 heteroatoms. The zero-order chi connectivity index (χ0) is 14.1. The van der Waals surface area contributed by atoms with E-state index in [4.69, 9.17) is 16.1 Å². The fraction of sp³-hybridized carbons (Fsp3) is 0. The van der Waals surface area contributed by atoms with E-state index in [0.717, 1.165) is 6.20 Å². The molecular weight excluding hydrogens is 285 g/mol. The van der Waals surface area contributed by atoms with Crippen molar-refractivity contribution >= 4 is 11.6 Å². The van der Waals surface area contributed by atoms with Crippen LogP contribution >= 0.6 is 11.6 Å². The molecule has 3 aromatic rings. The predicted octanol–water partition coefficient (Wildman–Crippen LogP) is 3.30. The van der Waals surface area contributed by atoms with Crippen LogP contribution in [-0.2, 0) is 0 Å². The van der Waals surface area contributed by atoms with Crippen molar-refractivity contribution in [2.24, 2.45) is 0 Å². The Bertz CT molecular complexity index is 759. The van der Waals surface area contributed by atoms with Crippen molar-refractivity contribution in [1.29, 1.82) is 0 Å². The highest BCUT2D eigenvalue weighted by molar-refractivity contribution is 6.30. The van der Waals surface area contributed by atoms with E-state index in [9.17, 15) is 9.50 Å². The quantitative estimate of drug-likeness (QED) is 0.784. The molecule has 0 saturated heterocycles. The summed E-state index contributed by atoms with van der Waals surface area (Å²) in [5, 5.41) is 13.9. The second-order valence-corrected chi connectivity index (χ2v) is 4.38. The van der Waals surface area contributed by atoms with Crippen LogP contribution in [0, 0.1) is 5.82 Å². The monoisotopic (exact) mass is 291 g/mol. The van der Waals surface area contributed by atoms with Crippen molar-refractivity contribution in [2.45, 2.75) is 0 Å². The maximum Gasteiger partial charge on any atom is 0.262 e. The van der Waals surface area contributed by atoms with Gasteiger partial charge in [-0.05, 0) is 30.3 Å². The Hall–Kier alpha value is -2.47. The first-order valence-corrected chi connectivity index (χ1v) is 5.96. The van der Waals surface area contributed by atoms with Gasteiger partial charge in [0.1, 0.15) is 17.3 Å². The molecule has 0 aliphatic rings. The molecule has 0 spiro atoms. The Balaban J connectivity index is 1.99. The summed E-state index contributed by atoms with van der Waals surface area (Å²) < 4.78 is 17.8. The minimum Gasteiger partial charge on any atom is -0.507 e. The van der Waals surface area contributed by atoms with E-state index < -0.39 is 5.82 Å². The van der Waals surface area contributed by atoms with Crippen LogP contribution in [0.4, 0.5) is 4.39 Å². The third-order valence-corrected chi connectivity index (χ3v) is 2.81. The van der Waals surface area contributed by atoms with Crippen molar-refractivity contribution in [3.8, 4) is 28.7 Å². The summed E-state index contributed by atoms with van der Waals surface area (Å²) in [7, 11) is 0. The number of rotatable bonds is 2. The highest BCUT2D eigenvalue weighted by Crippen LogP contribution is 2.31. The van der Waals surface area contributed by atoms with E-state index in [1.165, 1.54) is 18.2 Å². The summed E-state index contributed by atoms with van der Waals surface area (Å²) in [6, 6.07) is 7.21. The standard InChI is InChI=1S/C13H7ClFN3O2/c14-7-1-3-9(11(19)5-7)13-17-12(18-20-13)10-4-2-8(15)6-16-10/h1-6,19H. The Morgan fingerprint density at radius 2 is 2.05 bits per heavy atom. The highest BCUT2D eigenvalue weighted by Gasteiger charge is 2.14. The van der Waals surface area contributed by atoms with Gasteiger partial charge in [-0.2, -0.15) is 4.98 Å². The third kappa shape index (κ3) is 2.33. The van der Waals surface area contributed by atoms with Gasteiger partial charge in [0.2, 0.25) is 5.82 Å². The number of hydrogen-bond acceptors (Lipinski definition) is 5. The molecule has 1 aromatic carbocycles. The van der Waals surface area contributed by atoms with Crippen LogP contribution in [0.15, 0.2) is 41.1 Å². The van der Waals surface area contributed by atoms with Crippen LogP contribution in [0.1, 0.15) is 0 Å². The molecule has 2 heterocycles. The fourth-order valence-electron chi connectivity index (χ4n) is 1.63. The van der Waals surface area contributed by atoms with Gasteiger partial charge in [0.05, 0.1) is 11.8 Å². The van der Waals surface area contributed by atoms with Crippen molar-refractivity contribution in [2.75, 3.05) is 0 Å². The van der Waals surface area contributed by atoms with Gasteiger partial charge in [0, 0.05) is 5.02 Å². The first kappa shape index (κ1) is 12.6. The first-order chi connectivity index (χ1) is 9.63. The molecule has 0 fully saturated rings.